The number of aromatic nitrogens is 1. The molecular formula is C31H35N3O3. The lowest BCUT2D eigenvalue weighted by atomic mass is 9.88. The van der Waals surface area contributed by atoms with Crippen molar-refractivity contribution in [2.75, 3.05) is 0 Å². The number of nitrogens with one attached hydrogen (secondary N) is 1. The molecule has 1 aromatic heterocycles. The summed E-state index contributed by atoms with van der Waals surface area (Å²) in [6, 6.07) is 19.6. The van der Waals surface area contributed by atoms with E-state index in [0.29, 0.717) is 29.0 Å². The smallest absolute Gasteiger partial charge is 0.268 e. The van der Waals surface area contributed by atoms with Gasteiger partial charge in [0.2, 0.25) is 0 Å². The first-order valence-electron chi connectivity index (χ1n) is 13.0. The highest BCUT2D eigenvalue weighted by atomic mass is 16.6. The van der Waals surface area contributed by atoms with Crippen LogP contribution in [0.4, 0.5) is 0 Å². The molecule has 37 heavy (non-hydrogen) atoms. The molecule has 0 saturated carbocycles. The fourth-order valence-corrected chi connectivity index (χ4v) is 5.45. The minimum atomic E-state index is -1.75. The van der Waals surface area contributed by atoms with Crippen molar-refractivity contribution in [3.8, 4) is 22.9 Å². The first-order valence-corrected chi connectivity index (χ1v) is 13.0. The summed E-state index contributed by atoms with van der Waals surface area (Å²) in [6.07, 6.45) is 4.97. The van der Waals surface area contributed by atoms with Crippen LogP contribution in [-0.4, -0.2) is 27.3 Å². The molecule has 0 saturated heterocycles. The third-order valence-electron chi connectivity index (χ3n) is 7.07. The van der Waals surface area contributed by atoms with Crippen molar-refractivity contribution in [3.05, 3.63) is 83.2 Å². The summed E-state index contributed by atoms with van der Waals surface area (Å²) < 4.78 is 6.24. The molecule has 192 valence electrons. The van der Waals surface area contributed by atoms with Gasteiger partial charge in [0.1, 0.15) is 6.07 Å². The number of rotatable bonds is 10. The molecule has 0 spiro atoms. The second kappa shape index (κ2) is 10.8. The van der Waals surface area contributed by atoms with E-state index in [2.05, 4.69) is 54.5 Å². The maximum absolute atomic E-state index is 12.7. The highest BCUT2D eigenvalue weighted by molar-refractivity contribution is 6.02. The van der Waals surface area contributed by atoms with E-state index in [9.17, 15) is 15.2 Å². The number of pyridine rings is 1. The lowest BCUT2D eigenvalue weighted by Gasteiger charge is -2.39. The topological polar surface area (TPSA) is 95.2 Å². The van der Waals surface area contributed by atoms with Crippen LogP contribution in [0.15, 0.2) is 60.8 Å². The van der Waals surface area contributed by atoms with Crippen molar-refractivity contribution in [2.45, 2.75) is 71.2 Å². The van der Waals surface area contributed by atoms with E-state index in [1.165, 1.54) is 17.3 Å². The van der Waals surface area contributed by atoms with E-state index >= 15 is 0 Å². The van der Waals surface area contributed by atoms with E-state index in [1.807, 2.05) is 32.0 Å². The van der Waals surface area contributed by atoms with Crippen LogP contribution in [0.3, 0.4) is 0 Å². The number of ketones is 1. The van der Waals surface area contributed by atoms with Crippen LogP contribution in [0.1, 0.15) is 74.1 Å². The minimum absolute atomic E-state index is 0.0144. The van der Waals surface area contributed by atoms with Gasteiger partial charge in [-0.3, -0.25) is 10.1 Å². The quantitative estimate of drug-likeness (QED) is 0.271. The Labute approximate surface area is 219 Å². The van der Waals surface area contributed by atoms with Crippen LogP contribution in [0, 0.1) is 17.2 Å². The van der Waals surface area contributed by atoms with Crippen LogP contribution in [-0.2, 0) is 12.8 Å². The number of hydrogen-bond donors (Lipinski definition) is 2. The molecule has 0 bridgehead atoms. The zero-order valence-electron chi connectivity index (χ0n) is 22.0. The summed E-state index contributed by atoms with van der Waals surface area (Å²) in [4.78, 5) is 16.9. The van der Waals surface area contributed by atoms with Gasteiger partial charge < -0.3 is 9.84 Å². The molecule has 3 aromatic rings. The third-order valence-corrected chi connectivity index (χ3v) is 7.07. The van der Waals surface area contributed by atoms with Crippen LogP contribution < -0.4 is 10.1 Å². The van der Waals surface area contributed by atoms with Crippen LogP contribution in [0.5, 0.6) is 5.75 Å². The third kappa shape index (κ3) is 5.90. The maximum atomic E-state index is 12.7. The lowest BCUT2D eigenvalue weighted by Crippen LogP contribution is -2.59. The van der Waals surface area contributed by atoms with Crippen LogP contribution >= 0.6 is 0 Å². The molecule has 0 amide bonds. The molecule has 6 nitrogen and oxygen atoms in total. The van der Waals surface area contributed by atoms with Gasteiger partial charge in [0.05, 0.1) is 0 Å². The van der Waals surface area contributed by atoms with E-state index in [-0.39, 0.29) is 23.6 Å². The summed E-state index contributed by atoms with van der Waals surface area (Å²) in [5.41, 5.74) is 4.11. The number of aliphatic hydroxyl groups is 1. The summed E-state index contributed by atoms with van der Waals surface area (Å²) >= 11 is 0. The number of Topliss-reactive ketones (excluding diaryl/α,β-unsaturated/α-hetero) is 1. The highest BCUT2D eigenvalue weighted by Gasteiger charge is 2.38. The molecule has 0 aliphatic heterocycles. The van der Waals surface area contributed by atoms with Crippen molar-refractivity contribution < 1.29 is 14.6 Å². The highest BCUT2D eigenvalue weighted by Crippen LogP contribution is 2.38. The molecule has 1 atom stereocenters. The molecule has 1 heterocycles. The standard InChI is InChI=1S/C31H35N3O3/c1-5-28(35)25-14-10-9-13-24(25)26-15-16-33-27(20-32)29(26)37-31(36,6-2)34-30(3,4)19-21-17-22-11-7-8-12-23(22)18-21/h7-16,21,34,36H,5-6,17-19H2,1-4H3. The Morgan fingerprint density at radius 2 is 1.73 bits per heavy atom. The predicted molar refractivity (Wildman–Crippen MR) is 144 cm³/mol. The molecular weight excluding hydrogens is 462 g/mol. The minimum Gasteiger partial charge on any atom is -0.445 e. The monoisotopic (exact) mass is 497 g/mol. The predicted octanol–water partition coefficient (Wildman–Crippen LogP) is 5.82. The number of ether oxygens (including phenoxy) is 1. The second-order valence-electron chi connectivity index (χ2n) is 10.5. The Morgan fingerprint density at radius 1 is 1.08 bits per heavy atom. The molecule has 1 aliphatic rings. The van der Waals surface area contributed by atoms with Crippen molar-refractivity contribution in [2.24, 2.45) is 5.92 Å². The molecule has 4 rings (SSSR count). The number of benzene rings is 2. The number of carbonyl (C=O) groups excluding carboxylic acids is 1. The van der Waals surface area contributed by atoms with Gasteiger partial charge in [-0.1, -0.05) is 62.4 Å². The molecule has 2 aromatic carbocycles. The van der Waals surface area contributed by atoms with Crippen LogP contribution in [0.25, 0.3) is 11.1 Å². The largest absolute Gasteiger partial charge is 0.445 e. The van der Waals surface area contributed by atoms with Gasteiger partial charge in [-0.05, 0) is 61.8 Å². The zero-order valence-corrected chi connectivity index (χ0v) is 22.0. The number of nitriles is 1. The molecule has 1 aliphatic carbocycles. The Bertz CT molecular complexity index is 1300. The number of hydrogen-bond acceptors (Lipinski definition) is 6. The number of carbonyl (C=O) groups is 1. The summed E-state index contributed by atoms with van der Waals surface area (Å²) in [5.74, 6) is -1.15. The lowest BCUT2D eigenvalue weighted by molar-refractivity contribution is -0.180. The SMILES string of the molecule is CCC(=O)c1ccccc1-c1ccnc(C#N)c1OC(O)(CC)NC(C)(C)CC1Cc2ccccc2C1. The van der Waals surface area contributed by atoms with Gasteiger partial charge >= 0.3 is 0 Å². The average Bonchev–Trinajstić information content (AvgIpc) is 3.29. The van der Waals surface area contributed by atoms with Gasteiger partial charge in [-0.2, -0.15) is 5.26 Å². The summed E-state index contributed by atoms with van der Waals surface area (Å²) in [7, 11) is 0. The summed E-state index contributed by atoms with van der Waals surface area (Å²) in [5, 5.41) is 24.8. The van der Waals surface area contributed by atoms with E-state index in [1.54, 1.807) is 12.1 Å². The van der Waals surface area contributed by atoms with Crippen molar-refractivity contribution >= 4 is 5.78 Å². The normalized spacial score (nSPS) is 15.0. The Balaban J connectivity index is 1.62. The van der Waals surface area contributed by atoms with Crippen molar-refractivity contribution in [3.63, 3.8) is 0 Å². The van der Waals surface area contributed by atoms with Crippen LogP contribution in [0.2, 0.25) is 0 Å². The van der Waals surface area contributed by atoms with Gasteiger partial charge in [-0.15, -0.1) is 0 Å². The molecule has 6 heteroatoms. The van der Waals surface area contributed by atoms with Gasteiger partial charge in [0, 0.05) is 35.7 Å². The second-order valence-corrected chi connectivity index (χ2v) is 10.5. The molecule has 1 unspecified atom stereocenters. The fraction of sp³-hybridized carbons (Fsp3) is 0.387. The summed E-state index contributed by atoms with van der Waals surface area (Å²) in [6.45, 7) is 7.76. The van der Waals surface area contributed by atoms with E-state index in [0.717, 1.165) is 19.3 Å². The Hall–Kier alpha value is -3.53. The average molecular weight is 498 g/mol. The Morgan fingerprint density at radius 3 is 2.35 bits per heavy atom. The Kier molecular flexibility index (Phi) is 7.77. The fourth-order valence-electron chi connectivity index (χ4n) is 5.45. The number of fused-ring (bicyclic) bond motifs is 1. The molecule has 2 N–H and O–H groups in total. The first kappa shape index (κ1) is 26.5. The first-order chi connectivity index (χ1) is 17.7. The number of nitrogens with zero attached hydrogens (tertiary/aromatic N) is 2. The molecule has 0 fully saturated rings. The molecule has 0 radical (unpaired) electrons. The van der Waals surface area contributed by atoms with E-state index in [4.69, 9.17) is 4.74 Å². The van der Waals surface area contributed by atoms with Gasteiger partial charge in [-0.25, -0.2) is 4.98 Å². The van der Waals surface area contributed by atoms with Gasteiger partial charge in [0.25, 0.3) is 5.91 Å². The van der Waals surface area contributed by atoms with E-state index < -0.39 is 11.4 Å². The van der Waals surface area contributed by atoms with Crippen molar-refractivity contribution in [1.29, 1.82) is 5.26 Å². The van der Waals surface area contributed by atoms with Gasteiger partial charge in [0.15, 0.2) is 17.2 Å². The maximum Gasteiger partial charge on any atom is 0.268 e. The van der Waals surface area contributed by atoms with Crippen molar-refractivity contribution in [1.82, 2.24) is 10.3 Å². The zero-order chi connectivity index (χ0) is 26.6.